The van der Waals surface area contributed by atoms with Gasteiger partial charge in [-0.2, -0.15) is 0 Å². The Morgan fingerprint density at radius 3 is 2.37 bits per heavy atom. The number of nitrogens with two attached hydrogens (primary N) is 1. The smallest absolute Gasteiger partial charge is 0.129 e. The highest BCUT2D eigenvalue weighted by Gasteiger charge is 2.16. The zero-order valence-electron chi connectivity index (χ0n) is 10.7. The predicted octanol–water partition coefficient (Wildman–Crippen LogP) is 4.91. The summed E-state index contributed by atoms with van der Waals surface area (Å²) in [5.41, 5.74) is 9.11. The molecule has 1 nitrogen and oxygen atoms in total. The molecule has 1 atom stereocenters. The average Bonchev–Trinajstić information content (AvgIpc) is 2.38. The Morgan fingerprint density at radius 2 is 1.79 bits per heavy atom. The van der Waals surface area contributed by atoms with Gasteiger partial charge in [0.1, 0.15) is 5.82 Å². The quantitative estimate of drug-likeness (QED) is 0.825. The van der Waals surface area contributed by atoms with E-state index in [-0.39, 0.29) is 11.9 Å². The third-order valence-corrected chi connectivity index (χ3v) is 4.45. The summed E-state index contributed by atoms with van der Waals surface area (Å²) in [4.78, 5) is 0. The Morgan fingerprint density at radius 1 is 1.21 bits per heavy atom. The van der Waals surface area contributed by atoms with Crippen LogP contribution in [0.1, 0.15) is 28.3 Å². The standard InChI is InChI=1S/C15H14BrClFN/c1-8-6-10(7-9(2)14(8)18)15(19)11-4-3-5-12(16)13(11)17/h3-7,15H,19H2,1-2H3. The number of halogens is 3. The number of rotatable bonds is 2. The van der Waals surface area contributed by atoms with Crippen molar-refractivity contribution in [3.63, 3.8) is 0 Å². The van der Waals surface area contributed by atoms with Crippen LogP contribution in [0.15, 0.2) is 34.8 Å². The van der Waals surface area contributed by atoms with Gasteiger partial charge in [-0.15, -0.1) is 0 Å². The molecule has 0 radical (unpaired) electrons. The van der Waals surface area contributed by atoms with Crippen LogP contribution in [0.3, 0.4) is 0 Å². The van der Waals surface area contributed by atoms with Crippen molar-refractivity contribution in [2.75, 3.05) is 0 Å². The molecule has 2 N–H and O–H groups in total. The van der Waals surface area contributed by atoms with Gasteiger partial charge in [0.25, 0.3) is 0 Å². The minimum atomic E-state index is -0.372. The van der Waals surface area contributed by atoms with E-state index in [4.69, 9.17) is 17.3 Å². The van der Waals surface area contributed by atoms with E-state index in [1.165, 1.54) is 0 Å². The molecule has 2 aromatic rings. The van der Waals surface area contributed by atoms with Gasteiger partial charge >= 0.3 is 0 Å². The van der Waals surface area contributed by atoms with Crippen LogP contribution in [-0.4, -0.2) is 0 Å². The van der Waals surface area contributed by atoms with Gasteiger partial charge in [-0.3, -0.25) is 0 Å². The Balaban J connectivity index is 2.50. The summed E-state index contributed by atoms with van der Waals surface area (Å²) in [6.07, 6.45) is 0. The molecule has 0 amide bonds. The first-order chi connectivity index (χ1) is 8.91. The monoisotopic (exact) mass is 341 g/mol. The summed E-state index contributed by atoms with van der Waals surface area (Å²) in [5, 5.41) is 0.592. The largest absolute Gasteiger partial charge is 0.320 e. The van der Waals surface area contributed by atoms with Crippen molar-refractivity contribution in [2.24, 2.45) is 5.73 Å². The molecule has 0 saturated carbocycles. The Labute approximate surface area is 125 Å². The van der Waals surface area contributed by atoms with Crippen LogP contribution < -0.4 is 5.73 Å². The number of hydrogen-bond donors (Lipinski definition) is 1. The van der Waals surface area contributed by atoms with Crippen LogP contribution in [0.4, 0.5) is 4.39 Å². The van der Waals surface area contributed by atoms with E-state index in [2.05, 4.69) is 15.9 Å². The van der Waals surface area contributed by atoms with Crippen LogP contribution in [0, 0.1) is 19.7 Å². The van der Waals surface area contributed by atoms with Crippen molar-refractivity contribution < 1.29 is 4.39 Å². The molecule has 0 heterocycles. The molecule has 0 aromatic heterocycles. The summed E-state index contributed by atoms with van der Waals surface area (Å²) in [7, 11) is 0. The van der Waals surface area contributed by atoms with Crippen molar-refractivity contribution in [3.8, 4) is 0 Å². The zero-order valence-corrected chi connectivity index (χ0v) is 13.0. The van der Waals surface area contributed by atoms with Crippen molar-refractivity contribution in [1.82, 2.24) is 0 Å². The van der Waals surface area contributed by atoms with Crippen LogP contribution >= 0.6 is 27.5 Å². The molecule has 1 unspecified atom stereocenters. The summed E-state index contributed by atoms with van der Waals surface area (Å²) in [6, 6.07) is 8.79. The van der Waals surface area contributed by atoms with Gasteiger partial charge in [0.15, 0.2) is 0 Å². The fraction of sp³-hybridized carbons (Fsp3) is 0.200. The molecule has 0 bridgehead atoms. The Kier molecular flexibility index (Phi) is 4.29. The molecule has 0 aliphatic heterocycles. The van der Waals surface area contributed by atoms with E-state index in [1.807, 2.05) is 18.2 Å². The van der Waals surface area contributed by atoms with Gasteiger partial charge in [-0.25, -0.2) is 4.39 Å². The highest BCUT2D eigenvalue weighted by atomic mass is 79.9. The molecule has 2 rings (SSSR count). The van der Waals surface area contributed by atoms with E-state index in [0.717, 1.165) is 15.6 Å². The highest BCUT2D eigenvalue weighted by molar-refractivity contribution is 9.10. The fourth-order valence-corrected chi connectivity index (χ4v) is 2.72. The zero-order chi connectivity index (χ0) is 14.2. The van der Waals surface area contributed by atoms with Gasteiger partial charge < -0.3 is 5.73 Å². The molecular formula is C15H14BrClFN. The first kappa shape index (κ1) is 14.5. The third kappa shape index (κ3) is 2.83. The van der Waals surface area contributed by atoms with Gasteiger partial charge in [-0.1, -0.05) is 35.9 Å². The Hall–Kier alpha value is -0.900. The van der Waals surface area contributed by atoms with Crippen LogP contribution in [0.5, 0.6) is 0 Å². The second-order valence-electron chi connectivity index (χ2n) is 4.59. The lowest BCUT2D eigenvalue weighted by Crippen LogP contribution is -2.13. The first-order valence-electron chi connectivity index (χ1n) is 5.88. The minimum Gasteiger partial charge on any atom is -0.320 e. The lowest BCUT2D eigenvalue weighted by atomic mass is 9.96. The van der Waals surface area contributed by atoms with E-state index in [9.17, 15) is 4.39 Å². The first-order valence-corrected chi connectivity index (χ1v) is 7.05. The van der Waals surface area contributed by atoms with Gasteiger partial charge in [0, 0.05) is 4.47 Å². The maximum atomic E-state index is 13.6. The number of hydrogen-bond acceptors (Lipinski definition) is 1. The molecule has 2 aromatic carbocycles. The molecule has 100 valence electrons. The molecular weight excluding hydrogens is 329 g/mol. The van der Waals surface area contributed by atoms with E-state index >= 15 is 0 Å². The molecule has 0 aliphatic rings. The van der Waals surface area contributed by atoms with Crippen molar-refractivity contribution in [1.29, 1.82) is 0 Å². The van der Waals surface area contributed by atoms with E-state index in [0.29, 0.717) is 16.1 Å². The van der Waals surface area contributed by atoms with Crippen molar-refractivity contribution >= 4 is 27.5 Å². The normalized spacial score (nSPS) is 12.5. The van der Waals surface area contributed by atoms with Crippen LogP contribution in [-0.2, 0) is 0 Å². The second kappa shape index (κ2) is 5.61. The fourth-order valence-electron chi connectivity index (χ4n) is 2.10. The average molecular weight is 343 g/mol. The summed E-state index contributed by atoms with van der Waals surface area (Å²) in [6.45, 7) is 3.47. The molecule has 4 heteroatoms. The lowest BCUT2D eigenvalue weighted by Gasteiger charge is -2.17. The summed E-state index contributed by atoms with van der Waals surface area (Å²) >= 11 is 9.63. The van der Waals surface area contributed by atoms with Gasteiger partial charge in [0.05, 0.1) is 11.1 Å². The molecule has 0 spiro atoms. The topological polar surface area (TPSA) is 26.0 Å². The second-order valence-corrected chi connectivity index (χ2v) is 5.82. The maximum Gasteiger partial charge on any atom is 0.129 e. The predicted molar refractivity (Wildman–Crippen MR) is 81.1 cm³/mol. The summed E-state index contributed by atoms with van der Waals surface area (Å²) in [5.74, 6) is -0.184. The van der Waals surface area contributed by atoms with Gasteiger partial charge in [-0.05, 0) is 58.1 Å². The highest BCUT2D eigenvalue weighted by Crippen LogP contribution is 2.33. The molecule has 0 fully saturated rings. The van der Waals surface area contributed by atoms with Gasteiger partial charge in [0.2, 0.25) is 0 Å². The van der Waals surface area contributed by atoms with E-state index in [1.54, 1.807) is 26.0 Å². The Bertz CT molecular complexity index is 605. The van der Waals surface area contributed by atoms with Crippen molar-refractivity contribution in [2.45, 2.75) is 19.9 Å². The SMILES string of the molecule is Cc1cc(C(N)c2cccc(Br)c2Cl)cc(C)c1F. The van der Waals surface area contributed by atoms with Crippen LogP contribution in [0.25, 0.3) is 0 Å². The minimum absolute atomic E-state index is 0.184. The maximum absolute atomic E-state index is 13.6. The molecule has 0 saturated heterocycles. The van der Waals surface area contributed by atoms with E-state index < -0.39 is 0 Å². The lowest BCUT2D eigenvalue weighted by molar-refractivity contribution is 0.607. The molecule has 19 heavy (non-hydrogen) atoms. The summed E-state index contributed by atoms with van der Waals surface area (Å²) < 4.78 is 14.4. The number of benzene rings is 2. The van der Waals surface area contributed by atoms with Crippen molar-refractivity contribution in [3.05, 3.63) is 67.9 Å². The molecule has 0 aliphatic carbocycles. The number of aryl methyl sites for hydroxylation is 2. The third-order valence-electron chi connectivity index (χ3n) is 3.13. The van der Waals surface area contributed by atoms with Crippen LogP contribution in [0.2, 0.25) is 5.02 Å².